The average molecular weight is 402 g/mol. The average Bonchev–Trinajstić information content (AvgIpc) is 2.95. The van der Waals surface area contributed by atoms with Crippen molar-refractivity contribution in [1.82, 2.24) is 25.0 Å². The van der Waals surface area contributed by atoms with E-state index in [1.807, 2.05) is 0 Å². The predicted molar refractivity (Wildman–Crippen MR) is 88.6 cm³/mol. The summed E-state index contributed by atoms with van der Waals surface area (Å²) < 4.78 is 40.2. The molecule has 0 atom stereocenters. The van der Waals surface area contributed by atoms with Crippen LogP contribution in [0.3, 0.4) is 0 Å². The summed E-state index contributed by atoms with van der Waals surface area (Å²) in [5, 5.41) is 6.56. The van der Waals surface area contributed by atoms with Crippen LogP contribution in [0.4, 0.5) is 13.2 Å². The lowest BCUT2D eigenvalue weighted by molar-refractivity contribution is -0.225. The Bertz CT molecular complexity index is 805. The molecule has 12 heteroatoms. The Balaban J connectivity index is 1.43. The summed E-state index contributed by atoms with van der Waals surface area (Å²) in [5.41, 5.74) is 2.41. The van der Waals surface area contributed by atoms with Gasteiger partial charge < -0.3 is 16.0 Å². The van der Waals surface area contributed by atoms with Crippen LogP contribution in [-0.2, 0) is 16.1 Å². The zero-order chi connectivity index (χ0) is 20.9. The fraction of sp³-hybridized carbons (Fsp3) is 0.688. The molecule has 1 spiro atoms. The van der Waals surface area contributed by atoms with E-state index in [9.17, 15) is 27.6 Å². The normalized spacial score (nSPS) is 19.1. The molecule has 0 radical (unpaired) electrons. The van der Waals surface area contributed by atoms with Gasteiger partial charge in [-0.15, -0.1) is 5.10 Å². The van der Waals surface area contributed by atoms with Crippen LogP contribution >= 0.6 is 0 Å². The summed E-state index contributed by atoms with van der Waals surface area (Å²) >= 11 is 0. The lowest BCUT2D eigenvalue weighted by Crippen LogP contribution is -2.69. The van der Waals surface area contributed by atoms with E-state index >= 15 is 0 Å². The minimum absolute atomic E-state index is 0.112. The molecular formula is C16H21F3N6O3. The Morgan fingerprint density at radius 1 is 1.29 bits per heavy atom. The predicted octanol–water partition coefficient (Wildman–Crippen LogP) is 0.0727. The Morgan fingerprint density at radius 3 is 2.39 bits per heavy atom. The number of carbonyl (C=O) groups excluding carboxylic acids is 3. The van der Waals surface area contributed by atoms with Gasteiger partial charge in [0.05, 0.1) is 0 Å². The number of aromatic nitrogens is 3. The fourth-order valence-electron chi connectivity index (χ4n) is 3.67. The number of amides is 3. The van der Waals surface area contributed by atoms with Crippen LogP contribution in [0.25, 0.3) is 0 Å². The van der Waals surface area contributed by atoms with Gasteiger partial charge >= 0.3 is 6.18 Å². The molecule has 2 fully saturated rings. The molecule has 28 heavy (non-hydrogen) atoms. The van der Waals surface area contributed by atoms with E-state index in [0.717, 1.165) is 13.8 Å². The minimum Gasteiger partial charge on any atom is -0.363 e. The van der Waals surface area contributed by atoms with Crippen LogP contribution < -0.4 is 11.1 Å². The number of likely N-dealkylation sites (tertiary alicyclic amines) is 1. The molecule has 2 heterocycles. The number of hydrogen-bond donors (Lipinski definition) is 2. The number of primary amides is 1. The van der Waals surface area contributed by atoms with Gasteiger partial charge in [-0.05, 0) is 26.7 Å². The number of hydrogen-bond acceptors (Lipinski definition) is 5. The number of nitrogens with two attached hydrogens (primary N) is 1. The summed E-state index contributed by atoms with van der Waals surface area (Å²) in [5.74, 6) is -2.23. The molecule has 2 aliphatic rings. The van der Waals surface area contributed by atoms with E-state index in [1.165, 1.54) is 15.9 Å². The topological polar surface area (TPSA) is 123 Å². The van der Waals surface area contributed by atoms with Crippen molar-refractivity contribution < 1.29 is 27.6 Å². The largest absolute Gasteiger partial charge is 0.402 e. The van der Waals surface area contributed by atoms with Crippen LogP contribution in [-0.4, -0.2) is 62.7 Å². The van der Waals surface area contributed by atoms with Gasteiger partial charge in [0.2, 0.25) is 17.6 Å². The second-order valence-corrected chi connectivity index (χ2v) is 8.09. The third kappa shape index (κ3) is 3.54. The van der Waals surface area contributed by atoms with Crippen LogP contribution in [0.5, 0.6) is 0 Å². The maximum Gasteiger partial charge on any atom is 0.402 e. The molecule has 154 valence electrons. The van der Waals surface area contributed by atoms with Crippen LogP contribution in [0.2, 0.25) is 0 Å². The molecular weight excluding hydrogens is 381 g/mol. The Hall–Kier alpha value is -2.66. The number of carbonyl (C=O) groups is 3. The van der Waals surface area contributed by atoms with E-state index in [2.05, 4.69) is 15.4 Å². The molecule has 3 amide bonds. The van der Waals surface area contributed by atoms with Crippen molar-refractivity contribution in [2.24, 2.45) is 16.6 Å². The van der Waals surface area contributed by atoms with Crippen molar-refractivity contribution in [3.63, 3.8) is 0 Å². The lowest BCUT2D eigenvalue weighted by Gasteiger charge is -2.60. The third-order valence-corrected chi connectivity index (χ3v) is 5.37. The molecule has 1 aliphatic heterocycles. The van der Waals surface area contributed by atoms with Crippen molar-refractivity contribution in [2.45, 2.75) is 45.5 Å². The van der Waals surface area contributed by atoms with E-state index < -0.39 is 23.4 Å². The highest BCUT2D eigenvalue weighted by Gasteiger charge is 2.60. The standard InChI is InChI=1S/C16H21F3N6O3/c1-14(2,16(17,18)19)13(28)24-6-15(7-24)3-9(4-15)22-10(26)5-25-8-21-12(23-25)11(20)27/h8-9H,3-7H2,1-2H3,(H2,20,27)(H,22,26). The smallest absolute Gasteiger partial charge is 0.363 e. The second kappa shape index (κ2) is 6.45. The van der Waals surface area contributed by atoms with E-state index in [0.29, 0.717) is 12.8 Å². The highest BCUT2D eigenvalue weighted by molar-refractivity contribution is 5.88. The molecule has 3 N–H and O–H groups in total. The number of rotatable bonds is 5. The summed E-state index contributed by atoms with van der Waals surface area (Å²) in [6.07, 6.45) is -2.18. The van der Waals surface area contributed by atoms with Gasteiger partial charge in [-0.1, -0.05) is 0 Å². The van der Waals surface area contributed by atoms with E-state index in [1.54, 1.807) is 0 Å². The Morgan fingerprint density at radius 2 is 1.89 bits per heavy atom. The van der Waals surface area contributed by atoms with Gasteiger partial charge in [0.1, 0.15) is 18.3 Å². The maximum absolute atomic E-state index is 13.0. The third-order valence-electron chi connectivity index (χ3n) is 5.37. The number of nitrogens with zero attached hydrogens (tertiary/aromatic N) is 4. The first-order chi connectivity index (χ1) is 12.8. The first-order valence-corrected chi connectivity index (χ1v) is 8.68. The molecule has 1 saturated carbocycles. The van der Waals surface area contributed by atoms with Crippen molar-refractivity contribution in [3.05, 3.63) is 12.2 Å². The van der Waals surface area contributed by atoms with Gasteiger partial charge in [0.15, 0.2) is 0 Å². The number of halogens is 3. The maximum atomic E-state index is 13.0. The first kappa shape index (κ1) is 20.1. The number of nitrogens with one attached hydrogen (secondary N) is 1. The van der Waals surface area contributed by atoms with Gasteiger partial charge in [-0.25, -0.2) is 9.67 Å². The van der Waals surface area contributed by atoms with Gasteiger partial charge in [-0.3, -0.25) is 14.4 Å². The first-order valence-electron chi connectivity index (χ1n) is 8.68. The summed E-state index contributed by atoms with van der Waals surface area (Å²) in [4.78, 5) is 40.0. The molecule has 3 rings (SSSR count). The molecule has 1 aliphatic carbocycles. The summed E-state index contributed by atoms with van der Waals surface area (Å²) in [6.45, 7) is 2.18. The minimum atomic E-state index is -4.60. The van der Waals surface area contributed by atoms with Gasteiger partial charge in [-0.2, -0.15) is 13.2 Å². The Kier molecular flexibility index (Phi) is 4.63. The SMILES string of the molecule is CC(C)(C(=O)N1CC2(CC(NC(=O)Cn3cnc(C(N)=O)n3)C2)C1)C(F)(F)F. The fourth-order valence-corrected chi connectivity index (χ4v) is 3.67. The van der Waals surface area contributed by atoms with Gasteiger partial charge in [0, 0.05) is 24.5 Å². The zero-order valence-corrected chi connectivity index (χ0v) is 15.4. The van der Waals surface area contributed by atoms with Crippen molar-refractivity contribution in [3.8, 4) is 0 Å². The summed E-state index contributed by atoms with van der Waals surface area (Å²) in [7, 11) is 0. The molecule has 1 aromatic rings. The summed E-state index contributed by atoms with van der Waals surface area (Å²) in [6, 6.07) is -0.112. The van der Waals surface area contributed by atoms with Crippen LogP contribution in [0.1, 0.15) is 37.3 Å². The molecule has 0 aromatic carbocycles. The second-order valence-electron chi connectivity index (χ2n) is 8.09. The van der Waals surface area contributed by atoms with Crippen molar-refractivity contribution in [2.75, 3.05) is 13.1 Å². The zero-order valence-electron chi connectivity index (χ0n) is 15.4. The molecule has 1 aromatic heterocycles. The van der Waals surface area contributed by atoms with Crippen molar-refractivity contribution in [1.29, 1.82) is 0 Å². The molecule has 0 bridgehead atoms. The van der Waals surface area contributed by atoms with E-state index in [4.69, 9.17) is 5.73 Å². The number of alkyl halides is 3. The quantitative estimate of drug-likeness (QED) is 0.722. The van der Waals surface area contributed by atoms with Gasteiger partial charge in [0.25, 0.3) is 5.91 Å². The van der Waals surface area contributed by atoms with E-state index in [-0.39, 0.29) is 42.8 Å². The van der Waals surface area contributed by atoms with Crippen molar-refractivity contribution >= 4 is 17.7 Å². The lowest BCUT2D eigenvalue weighted by atomic mass is 9.60. The van der Waals surface area contributed by atoms with Crippen LogP contribution in [0.15, 0.2) is 6.33 Å². The molecule has 0 unspecified atom stereocenters. The Labute approximate surface area is 158 Å². The molecule has 9 nitrogen and oxygen atoms in total. The van der Waals surface area contributed by atoms with Crippen LogP contribution in [0, 0.1) is 10.8 Å². The monoisotopic (exact) mass is 402 g/mol. The molecule has 1 saturated heterocycles. The highest BCUT2D eigenvalue weighted by atomic mass is 19.4. The highest BCUT2D eigenvalue weighted by Crippen LogP contribution is 2.50.